The number of esters is 1. The van der Waals surface area contributed by atoms with E-state index >= 15 is 0 Å². The van der Waals surface area contributed by atoms with Crippen molar-refractivity contribution in [3.8, 4) is 5.75 Å². The van der Waals surface area contributed by atoms with Crippen LogP contribution in [0.4, 0.5) is 16.2 Å². The summed E-state index contributed by atoms with van der Waals surface area (Å²) >= 11 is 6.06. The van der Waals surface area contributed by atoms with Gasteiger partial charge in [0.1, 0.15) is 18.4 Å². The van der Waals surface area contributed by atoms with Crippen molar-refractivity contribution in [2.24, 2.45) is 5.92 Å². The van der Waals surface area contributed by atoms with Crippen LogP contribution in [0, 0.1) is 16.0 Å². The molecule has 0 fully saturated rings. The first-order valence-electron chi connectivity index (χ1n) is 11.2. The molecule has 0 heterocycles. The molecule has 0 unspecified atom stereocenters. The average Bonchev–Trinajstić information content (AvgIpc) is 2.86. The van der Waals surface area contributed by atoms with Crippen LogP contribution in [0.5, 0.6) is 5.75 Å². The number of benzene rings is 3. The molecule has 1 atom stereocenters. The minimum Gasteiger partial charge on any atom is -0.445 e. The van der Waals surface area contributed by atoms with E-state index in [1.807, 2.05) is 18.2 Å². The van der Waals surface area contributed by atoms with Crippen molar-refractivity contribution < 1.29 is 28.8 Å². The Morgan fingerprint density at radius 3 is 2.30 bits per heavy atom. The van der Waals surface area contributed by atoms with Crippen LogP contribution in [-0.4, -0.2) is 28.9 Å². The van der Waals surface area contributed by atoms with Crippen molar-refractivity contribution in [3.63, 3.8) is 0 Å². The summed E-state index contributed by atoms with van der Waals surface area (Å²) in [4.78, 5) is 48.4. The number of hydrogen-bond donors (Lipinski definition) is 2. The van der Waals surface area contributed by atoms with Gasteiger partial charge < -0.3 is 20.1 Å². The predicted octanol–water partition coefficient (Wildman–Crippen LogP) is 5.36. The third kappa shape index (κ3) is 7.77. The molecule has 3 aromatic carbocycles. The smallest absolute Gasteiger partial charge is 0.408 e. The summed E-state index contributed by atoms with van der Waals surface area (Å²) in [6.07, 6.45) is -0.804. The number of carbonyl (C=O) groups excluding carboxylic acids is 3. The number of rotatable bonds is 9. The molecule has 0 radical (unpaired) electrons. The molecule has 0 saturated heterocycles. The van der Waals surface area contributed by atoms with Crippen LogP contribution in [0.1, 0.15) is 29.8 Å². The predicted molar refractivity (Wildman–Crippen MR) is 137 cm³/mol. The fourth-order valence-electron chi connectivity index (χ4n) is 3.19. The van der Waals surface area contributed by atoms with E-state index in [9.17, 15) is 24.5 Å². The molecule has 3 aromatic rings. The van der Waals surface area contributed by atoms with E-state index < -0.39 is 28.9 Å². The topological polar surface area (TPSA) is 137 Å². The second-order valence-corrected chi connectivity index (χ2v) is 8.68. The number of alkyl carbamates (subject to hydrolysis) is 1. The van der Waals surface area contributed by atoms with Crippen molar-refractivity contribution in [2.45, 2.75) is 26.5 Å². The molecular formula is C26H24ClN3O7. The summed E-state index contributed by atoms with van der Waals surface area (Å²) < 4.78 is 10.7. The minimum atomic E-state index is -1.08. The van der Waals surface area contributed by atoms with Crippen molar-refractivity contribution >= 4 is 40.9 Å². The maximum Gasteiger partial charge on any atom is 0.408 e. The van der Waals surface area contributed by atoms with Gasteiger partial charge in [0.15, 0.2) is 0 Å². The van der Waals surface area contributed by atoms with Crippen molar-refractivity contribution in [3.05, 3.63) is 99.1 Å². The summed E-state index contributed by atoms with van der Waals surface area (Å²) in [5.74, 6) is -1.95. The number of anilines is 1. The van der Waals surface area contributed by atoms with Gasteiger partial charge in [-0.05, 0) is 35.7 Å². The Morgan fingerprint density at radius 2 is 1.68 bits per heavy atom. The summed E-state index contributed by atoms with van der Waals surface area (Å²) in [6, 6.07) is 17.3. The van der Waals surface area contributed by atoms with E-state index in [2.05, 4.69) is 10.6 Å². The lowest BCUT2D eigenvalue weighted by Crippen LogP contribution is -2.46. The second-order valence-electron chi connectivity index (χ2n) is 8.25. The monoisotopic (exact) mass is 525 g/mol. The minimum absolute atomic E-state index is 0.00902. The van der Waals surface area contributed by atoms with E-state index in [-0.39, 0.29) is 34.5 Å². The summed E-state index contributed by atoms with van der Waals surface area (Å²) in [5.41, 5.74) is 0.938. The standard InChI is InChI=1S/C26H24ClN3O7/c1-16(2)23(29-26(33)36-15-17-6-4-3-5-7-17)25(32)37-22-14-18(27)8-13-21(22)24(31)28-19-9-11-20(12-10-19)30(34)35/h3-14,16,23H,15H2,1-2H3,(H,28,31)(H,29,33)/t23-/m0/s1. The lowest BCUT2D eigenvalue weighted by atomic mass is 10.0. The Kier molecular flexibility index (Phi) is 9.17. The average molecular weight is 526 g/mol. The van der Waals surface area contributed by atoms with E-state index in [0.29, 0.717) is 5.69 Å². The van der Waals surface area contributed by atoms with Gasteiger partial charge in [-0.3, -0.25) is 14.9 Å². The lowest BCUT2D eigenvalue weighted by Gasteiger charge is -2.21. The number of hydrogen-bond acceptors (Lipinski definition) is 7. The third-order valence-electron chi connectivity index (χ3n) is 5.14. The number of halogens is 1. The maximum atomic E-state index is 13.0. The second kappa shape index (κ2) is 12.5. The normalized spacial score (nSPS) is 11.4. The van der Waals surface area contributed by atoms with Crippen LogP contribution >= 0.6 is 11.6 Å². The highest BCUT2D eigenvalue weighted by atomic mass is 35.5. The molecule has 0 aliphatic heterocycles. The van der Waals surface area contributed by atoms with Crippen LogP contribution < -0.4 is 15.4 Å². The molecule has 0 bridgehead atoms. The summed E-state index contributed by atoms with van der Waals surface area (Å²) in [5, 5.41) is 16.1. The van der Waals surface area contributed by atoms with Crippen molar-refractivity contribution in [1.82, 2.24) is 5.32 Å². The molecule has 10 nitrogen and oxygen atoms in total. The van der Waals surface area contributed by atoms with Gasteiger partial charge in [-0.15, -0.1) is 0 Å². The van der Waals surface area contributed by atoms with Crippen LogP contribution in [-0.2, 0) is 16.1 Å². The zero-order valence-corrected chi connectivity index (χ0v) is 20.7. The molecule has 0 aliphatic carbocycles. The number of nitro benzene ring substituents is 1. The maximum absolute atomic E-state index is 13.0. The van der Waals surface area contributed by atoms with Crippen molar-refractivity contribution in [2.75, 3.05) is 5.32 Å². The van der Waals surface area contributed by atoms with Gasteiger partial charge in [0, 0.05) is 28.9 Å². The van der Waals surface area contributed by atoms with Gasteiger partial charge in [-0.1, -0.05) is 55.8 Å². The number of nitrogens with zero attached hydrogens (tertiary/aromatic N) is 1. The Labute approximate surface area is 217 Å². The molecule has 0 aliphatic rings. The number of ether oxygens (including phenoxy) is 2. The van der Waals surface area contributed by atoms with Gasteiger partial charge in [0.05, 0.1) is 10.5 Å². The molecule has 3 rings (SSSR count). The Hall–Kier alpha value is -4.44. The molecule has 0 aromatic heterocycles. The van der Waals surface area contributed by atoms with Gasteiger partial charge in [0.2, 0.25) is 0 Å². The van der Waals surface area contributed by atoms with E-state index in [4.69, 9.17) is 21.1 Å². The molecule has 0 spiro atoms. The molecule has 2 amide bonds. The summed E-state index contributed by atoms with van der Waals surface area (Å²) in [6.45, 7) is 3.45. The van der Waals surface area contributed by atoms with Crippen LogP contribution in [0.25, 0.3) is 0 Å². The molecule has 2 N–H and O–H groups in total. The molecule has 0 saturated carbocycles. The van der Waals surface area contributed by atoms with Gasteiger partial charge >= 0.3 is 12.1 Å². The first-order chi connectivity index (χ1) is 17.6. The zero-order chi connectivity index (χ0) is 26.9. The van der Waals surface area contributed by atoms with E-state index in [1.54, 1.807) is 26.0 Å². The Bertz CT molecular complexity index is 1280. The van der Waals surface area contributed by atoms with E-state index in [1.165, 1.54) is 42.5 Å². The highest BCUT2D eigenvalue weighted by molar-refractivity contribution is 6.31. The molecular weight excluding hydrogens is 502 g/mol. The number of non-ortho nitro benzene ring substituents is 1. The van der Waals surface area contributed by atoms with E-state index in [0.717, 1.165) is 5.56 Å². The lowest BCUT2D eigenvalue weighted by molar-refractivity contribution is -0.384. The Balaban J connectivity index is 1.70. The highest BCUT2D eigenvalue weighted by Crippen LogP contribution is 2.26. The summed E-state index contributed by atoms with van der Waals surface area (Å²) in [7, 11) is 0. The molecule has 37 heavy (non-hydrogen) atoms. The quantitative estimate of drug-likeness (QED) is 0.166. The number of amides is 2. The fraction of sp³-hybridized carbons (Fsp3) is 0.192. The Morgan fingerprint density at radius 1 is 1.00 bits per heavy atom. The first kappa shape index (κ1) is 27.2. The van der Waals surface area contributed by atoms with Crippen LogP contribution in [0.2, 0.25) is 5.02 Å². The van der Waals surface area contributed by atoms with Gasteiger partial charge in [0.25, 0.3) is 11.6 Å². The van der Waals surface area contributed by atoms with Gasteiger partial charge in [-0.25, -0.2) is 9.59 Å². The number of carbonyl (C=O) groups is 3. The molecule has 11 heteroatoms. The first-order valence-corrected chi connectivity index (χ1v) is 11.6. The van der Waals surface area contributed by atoms with Crippen molar-refractivity contribution in [1.29, 1.82) is 0 Å². The molecule has 192 valence electrons. The SMILES string of the molecule is CC(C)[C@H](NC(=O)OCc1ccccc1)C(=O)Oc1cc(Cl)ccc1C(=O)Nc1ccc([N+](=O)[O-])cc1. The largest absolute Gasteiger partial charge is 0.445 e. The van der Waals surface area contributed by atoms with Gasteiger partial charge in [-0.2, -0.15) is 0 Å². The zero-order valence-electron chi connectivity index (χ0n) is 20.0. The number of nitro groups is 1. The highest BCUT2D eigenvalue weighted by Gasteiger charge is 2.28. The number of nitrogens with one attached hydrogen (secondary N) is 2. The fourth-order valence-corrected chi connectivity index (χ4v) is 3.36. The van der Waals surface area contributed by atoms with Crippen LogP contribution in [0.15, 0.2) is 72.8 Å². The van der Waals surface area contributed by atoms with Crippen LogP contribution in [0.3, 0.4) is 0 Å². The third-order valence-corrected chi connectivity index (χ3v) is 5.38.